The first-order chi connectivity index (χ1) is 6.93. The van der Waals surface area contributed by atoms with Gasteiger partial charge in [-0.1, -0.05) is 0 Å². The average molecular weight is 194 g/mol. The second-order valence-corrected chi connectivity index (χ2v) is 5.45. The molecule has 1 aliphatic carbocycles. The van der Waals surface area contributed by atoms with Crippen LogP contribution in [-0.2, 0) is 0 Å². The summed E-state index contributed by atoms with van der Waals surface area (Å²) in [7, 11) is 0. The quantitative estimate of drug-likeness (QED) is 0.608. The Morgan fingerprint density at radius 2 is 1.86 bits per heavy atom. The fraction of sp³-hybridized carbons (Fsp3) is 1.00. The van der Waals surface area contributed by atoms with E-state index in [1.807, 2.05) is 0 Å². The summed E-state index contributed by atoms with van der Waals surface area (Å²) in [5.41, 5.74) is 0. The highest BCUT2D eigenvalue weighted by molar-refractivity contribution is 4.94. The van der Waals surface area contributed by atoms with Crippen molar-refractivity contribution in [3.05, 3.63) is 0 Å². The molecule has 80 valence electrons. The van der Waals surface area contributed by atoms with Crippen molar-refractivity contribution in [3.63, 3.8) is 0 Å². The highest BCUT2D eigenvalue weighted by atomic mass is 15.0. The van der Waals surface area contributed by atoms with Crippen molar-refractivity contribution < 1.29 is 0 Å². The van der Waals surface area contributed by atoms with Crippen LogP contribution in [0, 0.1) is 17.8 Å². The molecule has 0 bridgehead atoms. The molecular formula is C12H22N2. The Balaban J connectivity index is 1.68. The molecule has 0 aromatic carbocycles. The molecule has 2 N–H and O–H groups in total. The number of nitrogens with one attached hydrogen (secondary N) is 2. The Labute approximate surface area is 86.8 Å². The molecule has 0 aromatic heterocycles. The Bertz CT molecular complexity index is 162. The van der Waals surface area contributed by atoms with Crippen LogP contribution in [-0.4, -0.2) is 25.7 Å². The van der Waals surface area contributed by atoms with E-state index in [1.54, 1.807) is 0 Å². The summed E-state index contributed by atoms with van der Waals surface area (Å²) >= 11 is 0. The van der Waals surface area contributed by atoms with Crippen LogP contribution in [0.5, 0.6) is 0 Å². The molecule has 2 heteroatoms. The van der Waals surface area contributed by atoms with Gasteiger partial charge in [-0.25, -0.2) is 0 Å². The first-order valence-corrected chi connectivity index (χ1v) is 6.37. The van der Waals surface area contributed by atoms with Crippen LogP contribution >= 0.6 is 0 Å². The highest BCUT2D eigenvalue weighted by Gasteiger charge is 2.38. The van der Waals surface area contributed by atoms with Gasteiger partial charge in [-0.15, -0.1) is 0 Å². The van der Waals surface area contributed by atoms with Crippen molar-refractivity contribution in [2.45, 2.75) is 38.1 Å². The zero-order valence-electron chi connectivity index (χ0n) is 8.97. The number of hydrogen-bond acceptors (Lipinski definition) is 2. The number of fused-ring (bicyclic) bond motifs is 2. The van der Waals surface area contributed by atoms with Gasteiger partial charge in [0.25, 0.3) is 0 Å². The summed E-state index contributed by atoms with van der Waals surface area (Å²) < 4.78 is 0. The van der Waals surface area contributed by atoms with E-state index < -0.39 is 0 Å². The third-order valence-electron chi connectivity index (χ3n) is 4.65. The van der Waals surface area contributed by atoms with Gasteiger partial charge >= 0.3 is 0 Å². The summed E-state index contributed by atoms with van der Waals surface area (Å²) in [5.74, 6) is 3.05. The van der Waals surface area contributed by atoms with E-state index in [-0.39, 0.29) is 0 Å². The zero-order chi connectivity index (χ0) is 9.38. The van der Waals surface area contributed by atoms with E-state index in [0.29, 0.717) is 0 Å². The molecule has 3 fully saturated rings. The molecule has 2 nitrogen and oxygen atoms in total. The molecule has 4 unspecified atom stereocenters. The number of rotatable bonds is 0. The van der Waals surface area contributed by atoms with E-state index in [1.165, 1.54) is 51.7 Å². The predicted octanol–water partition coefficient (Wildman–Crippen LogP) is 1.37. The summed E-state index contributed by atoms with van der Waals surface area (Å²) in [4.78, 5) is 0. The van der Waals surface area contributed by atoms with Crippen LogP contribution in [0.4, 0.5) is 0 Å². The monoisotopic (exact) mass is 194 g/mol. The maximum atomic E-state index is 3.73. The topological polar surface area (TPSA) is 24.1 Å². The van der Waals surface area contributed by atoms with Crippen molar-refractivity contribution in [1.29, 1.82) is 0 Å². The van der Waals surface area contributed by atoms with E-state index in [9.17, 15) is 0 Å². The van der Waals surface area contributed by atoms with Gasteiger partial charge in [-0.05, 0) is 69.5 Å². The summed E-state index contributed by atoms with van der Waals surface area (Å²) in [6.45, 7) is 3.83. The Hall–Kier alpha value is -0.0800. The zero-order valence-corrected chi connectivity index (χ0v) is 8.97. The van der Waals surface area contributed by atoms with Crippen molar-refractivity contribution in [2.75, 3.05) is 19.6 Å². The molecule has 3 aliphatic rings. The first kappa shape index (κ1) is 9.17. The lowest BCUT2D eigenvalue weighted by molar-refractivity contribution is 0.0865. The third-order valence-corrected chi connectivity index (χ3v) is 4.65. The Kier molecular flexibility index (Phi) is 2.50. The maximum Gasteiger partial charge on any atom is 0.00986 e. The molecule has 3 rings (SSSR count). The van der Waals surface area contributed by atoms with Crippen molar-refractivity contribution >= 4 is 0 Å². The number of hydrogen-bond donors (Lipinski definition) is 2. The van der Waals surface area contributed by atoms with Gasteiger partial charge in [0.05, 0.1) is 0 Å². The van der Waals surface area contributed by atoms with Gasteiger partial charge in [0.2, 0.25) is 0 Å². The SMILES string of the molecule is C1CNC2CC3CNCCC3CC2C1. The Morgan fingerprint density at radius 1 is 0.857 bits per heavy atom. The molecule has 2 aliphatic heterocycles. The standard InChI is InChI=1S/C12H22N2/c1-2-10-6-9-3-5-13-8-11(9)7-12(10)14-4-1/h9-14H,1-8H2. The van der Waals surface area contributed by atoms with Gasteiger partial charge in [-0.2, -0.15) is 0 Å². The molecule has 2 heterocycles. The van der Waals surface area contributed by atoms with E-state index in [4.69, 9.17) is 0 Å². The first-order valence-electron chi connectivity index (χ1n) is 6.37. The van der Waals surface area contributed by atoms with E-state index in [2.05, 4.69) is 10.6 Å². The third kappa shape index (κ3) is 1.59. The average Bonchev–Trinajstić information content (AvgIpc) is 2.26. The molecule has 4 atom stereocenters. The lowest BCUT2D eigenvalue weighted by Gasteiger charge is -2.46. The minimum absolute atomic E-state index is 0.866. The molecule has 0 radical (unpaired) electrons. The van der Waals surface area contributed by atoms with E-state index in [0.717, 1.165) is 23.8 Å². The summed E-state index contributed by atoms with van der Waals surface area (Å²) in [6, 6.07) is 0.866. The predicted molar refractivity (Wildman–Crippen MR) is 58.2 cm³/mol. The summed E-state index contributed by atoms with van der Waals surface area (Å²) in [5, 5.41) is 7.28. The largest absolute Gasteiger partial charge is 0.316 e. The van der Waals surface area contributed by atoms with Gasteiger partial charge in [0, 0.05) is 6.04 Å². The van der Waals surface area contributed by atoms with Crippen LogP contribution in [0.1, 0.15) is 32.1 Å². The van der Waals surface area contributed by atoms with Crippen molar-refractivity contribution in [1.82, 2.24) is 10.6 Å². The molecular weight excluding hydrogens is 172 g/mol. The van der Waals surface area contributed by atoms with Crippen LogP contribution in [0.25, 0.3) is 0 Å². The molecule has 0 spiro atoms. The Morgan fingerprint density at radius 3 is 2.86 bits per heavy atom. The van der Waals surface area contributed by atoms with Crippen LogP contribution in [0.15, 0.2) is 0 Å². The molecule has 1 saturated carbocycles. The minimum atomic E-state index is 0.866. The molecule has 14 heavy (non-hydrogen) atoms. The molecule has 0 aromatic rings. The van der Waals surface area contributed by atoms with Crippen LogP contribution < -0.4 is 10.6 Å². The normalized spacial score (nSPS) is 48.0. The number of piperidine rings is 2. The molecule has 2 saturated heterocycles. The highest BCUT2D eigenvalue weighted by Crippen LogP contribution is 2.40. The molecule has 0 amide bonds. The van der Waals surface area contributed by atoms with Crippen molar-refractivity contribution in [3.8, 4) is 0 Å². The lowest BCUT2D eigenvalue weighted by atomic mass is 9.67. The smallest absolute Gasteiger partial charge is 0.00986 e. The second kappa shape index (κ2) is 3.82. The van der Waals surface area contributed by atoms with Crippen LogP contribution in [0.2, 0.25) is 0 Å². The van der Waals surface area contributed by atoms with Gasteiger partial charge in [0.1, 0.15) is 0 Å². The summed E-state index contributed by atoms with van der Waals surface area (Å²) in [6.07, 6.45) is 7.31. The van der Waals surface area contributed by atoms with Crippen molar-refractivity contribution in [2.24, 2.45) is 17.8 Å². The second-order valence-electron chi connectivity index (χ2n) is 5.45. The lowest BCUT2D eigenvalue weighted by Crippen LogP contribution is -2.51. The van der Waals surface area contributed by atoms with Gasteiger partial charge < -0.3 is 10.6 Å². The minimum Gasteiger partial charge on any atom is -0.316 e. The van der Waals surface area contributed by atoms with Crippen LogP contribution in [0.3, 0.4) is 0 Å². The maximum absolute atomic E-state index is 3.73. The van der Waals surface area contributed by atoms with Gasteiger partial charge in [0.15, 0.2) is 0 Å². The van der Waals surface area contributed by atoms with E-state index >= 15 is 0 Å². The fourth-order valence-corrected chi connectivity index (χ4v) is 3.86. The van der Waals surface area contributed by atoms with Gasteiger partial charge in [-0.3, -0.25) is 0 Å². The fourth-order valence-electron chi connectivity index (χ4n) is 3.86.